The zero-order chi connectivity index (χ0) is 52.3. The molecule has 0 aliphatic heterocycles. The summed E-state index contributed by atoms with van der Waals surface area (Å²) in [5.41, 5.74) is 31.9. The maximum Gasteiger partial charge on any atom is -0.000720 e. The van der Waals surface area contributed by atoms with Crippen LogP contribution >= 0.6 is 0 Å². The van der Waals surface area contributed by atoms with Crippen molar-refractivity contribution in [2.75, 3.05) is 0 Å². The van der Waals surface area contributed by atoms with Gasteiger partial charge in [-0.2, -0.15) is 0 Å². The van der Waals surface area contributed by atoms with Gasteiger partial charge in [0.25, 0.3) is 0 Å². The lowest BCUT2D eigenvalue weighted by Gasteiger charge is -2.29. The lowest BCUT2D eigenvalue weighted by Crippen LogP contribution is -2.17. The van der Waals surface area contributed by atoms with Gasteiger partial charge in [0, 0.05) is 0 Å². The van der Waals surface area contributed by atoms with Crippen molar-refractivity contribution >= 4 is 32.3 Å². The first-order valence-electron chi connectivity index (χ1n) is 27.2. The van der Waals surface area contributed by atoms with Crippen LogP contribution in [0.4, 0.5) is 0 Å². The number of hydrogen-bond acceptors (Lipinski definition) is 0. The van der Waals surface area contributed by atoms with E-state index in [0.29, 0.717) is 0 Å². The highest BCUT2D eigenvalue weighted by Crippen LogP contribution is 2.65. The molecule has 0 heterocycles. The zero-order valence-corrected chi connectivity index (χ0v) is 46.9. The number of hydrogen-bond donors (Lipinski definition) is 0. The van der Waals surface area contributed by atoms with E-state index in [4.69, 9.17) is 0 Å². The first-order chi connectivity index (χ1) is 34.9. The summed E-state index contributed by atoms with van der Waals surface area (Å²) in [6.45, 7) is 37.7. The number of rotatable bonds is 4. The summed E-state index contributed by atoms with van der Waals surface area (Å²) in [7, 11) is 0. The van der Waals surface area contributed by atoms with Crippen molar-refractivity contribution in [3.8, 4) is 89.0 Å². The minimum absolute atomic E-state index is 0.0487. The molecule has 368 valence electrons. The van der Waals surface area contributed by atoms with Gasteiger partial charge >= 0.3 is 0 Å². The molecule has 0 unspecified atom stereocenters. The smallest absolute Gasteiger partial charge is 0.000720 e. The van der Waals surface area contributed by atoms with Gasteiger partial charge in [-0.3, -0.25) is 0 Å². The van der Waals surface area contributed by atoms with Gasteiger partial charge in [0.1, 0.15) is 0 Å². The fourth-order valence-corrected chi connectivity index (χ4v) is 13.1. The molecule has 0 aromatic heterocycles. The van der Waals surface area contributed by atoms with E-state index in [9.17, 15) is 0 Å². The minimum atomic E-state index is -0.0487. The Bertz CT molecular complexity index is 3700. The first-order valence-corrected chi connectivity index (χ1v) is 27.2. The van der Waals surface area contributed by atoms with Gasteiger partial charge in [0.2, 0.25) is 0 Å². The first kappa shape index (κ1) is 48.0. The Morgan fingerprint density at radius 1 is 0.230 bits per heavy atom. The summed E-state index contributed by atoms with van der Waals surface area (Å²) in [5, 5.41) is 7.97. The molecule has 0 bridgehead atoms. The number of aryl methyl sites for hydroxylation is 4. The molecule has 12 rings (SSSR count). The highest BCUT2D eigenvalue weighted by molar-refractivity contribution is 6.35. The fourth-order valence-electron chi connectivity index (χ4n) is 13.1. The Morgan fingerprint density at radius 3 is 0.730 bits per heavy atom. The van der Waals surface area contributed by atoms with Crippen molar-refractivity contribution in [3.05, 3.63) is 190 Å². The maximum atomic E-state index is 2.53. The second-order valence-corrected chi connectivity index (χ2v) is 26.3. The summed E-state index contributed by atoms with van der Waals surface area (Å²) in [5.74, 6) is 0. The van der Waals surface area contributed by atoms with Crippen LogP contribution in [0, 0.1) is 27.7 Å². The molecule has 0 nitrogen and oxygen atoms in total. The van der Waals surface area contributed by atoms with E-state index < -0.39 is 0 Å². The van der Waals surface area contributed by atoms with Crippen molar-refractivity contribution in [2.24, 2.45) is 0 Å². The van der Waals surface area contributed by atoms with Crippen LogP contribution < -0.4 is 0 Å². The third-order valence-electron chi connectivity index (χ3n) is 17.0. The van der Waals surface area contributed by atoms with E-state index in [0.717, 1.165) is 0 Å². The van der Waals surface area contributed by atoms with E-state index in [1.54, 1.807) is 0 Å². The fraction of sp³-hybridized carbons (Fsp3) is 0.270. The second-order valence-electron chi connectivity index (χ2n) is 26.3. The van der Waals surface area contributed by atoms with Crippen molar-refractivity contribution in [2.45, 2.75) is 132 Å². The van der Waals surface area contributed by atoms with Crippen LogP contribution in [-0.2, 0) is 21.7 Å². The third kappa shape index (κ3) is 7.14. The zero-order valence-electron chi connectivity index (χ0n) is 46.9. The van der Waals surface area contributed by atoms with Crippen LogP contribution in [-0.4, -0.2) is 0 Å². The third-order valence-corrected chi connectivity index (χ3v) is 17.0. The van der Waals surface area contributed by atoms with Crippen LogP contribution in [0.2, 0.25) is 0 Å². The average Bonchev–Trinajstić information content (AvgIpc) is 3.89. The van der Waals surface area contributed by atoms with Gasteiger partial charge < -0.3 is 0 Å². The predicted octanol–water partition coefficient (Wildman–Crippen LogP) is 21.5. The highest BCUT2D eigenvalue weighted by Gasteiger charge is 2.38. The molecule has 0 atom stereocenters. The summed E-state index contributed by atoms with van der Waals surface area (Å²) >= 11 is 0. The number of fused-ring (bicyclic) bond motifs is 8. The summed E-state index contributed by atoms with van der Waals surface area (Å²) < 4.78 is 0. The number of benzene rings is 10. The molecule has 74 heavy (non-hydrogen) atoms. The van der Waals surface area contributed by atoms with Crippen molar-refractivity contribution in [1.82, 2.24) is 0 Å². The summed E-state index contributed by atoms with van der Waals surface area (Å²) in [6, 6.07) is 57.5. The summed E-state index contributed by atoms with van der Waals surface area (Å²) in [6.07, 6.45) is 0. The molecule has 0 saturated heterocycles. The van der Waals surface area contributed by atoms with E-state index in [-0.39, 0.29) is 21.7 Å². The van der Waals surface area contributed by atoms with Gasteiger partial charge in [0.05, 0.1) is 0 Å². The van der Waals surface area contributed by atoms with Gasteiger partial charge in [-0.25, -0.2) is 0 Å². The average molecular weight is 961 g/mol. The van der Waals surface area contributed by atoms with E-state index in [2.05, 4.69) is 256 Å². The lowest BCUT2D eigenvalue weighted by atomic mass is 9.75. The Labute approximate surface area is 441 Å². The van der Waals surface area contributed by atoms with Gasteiger partial charge in [-0.05, 0) is 215 Å². The normalized spacial score (nSPS) is 13.1. The molecular weight excluding hydrogens is 889 g/mol. The molecule has 10 aromatic carbocycles. The van der Waals surface area contributed by atoms with Crippen molar-refractivity contribution in [1.29, 1.82) is 0 Å². The lowest BCUT2D eigenvalue weighted by molar-refractivity contribution is 0.568. The van der Waals surface area contributed by atoms with Crippen LogP contribution in [0.15, 0.2) is 146 Å². The van der Waals surface area contributed by atoms with Crippen molar-refractivity contribution < 1.29 is 0 Å². The molecule has 2 aliphatic rings. The van der Waals surface area contributed by atoms with Gasteiger partial charge in [-0.15, -0.1) is 0 Å². The topological polar surface area (TPSA) is 0 Å². The standard InChI is InChI=1S/C74H72/c1-41-23-21-24-42(2)59(41)65-53-29-19-20-30-54(53)66(60-43(3)25-22-26-44(60)4)70-58-34-32-56-63-55(31-33-57(64(58)63)69(65)70)67-61(45-35-47(71(5,6)7)39-48(36-45)72(8,9)10)51-27-17-18-28-52(51)62(68(56)67)46-37-49(73(11,12)13)40-50(38-46)74(14,15)16/h17-40H,1-16H3. The monoisotopic (exact) mass is 961 g/mol. The minimum Gasteiger partial charge on any atom is -0.0617 e. The molecule has 0 heteroatoms. The van der Waals surface area contributed by atoms with E-state index in [1.807, 2.05) is 0 Å². The summed E-state index contributed by atoms with van der Waals surface area (Å²) in [4.78, 5) is 0. The molecule has 0 fully saturated rings. The molecule has 2 aliphatic carbocycles. The molecule has 0 amide bonds. The Kier molecular flexibility index (Phi) is 10.5. The Morgan fingerprint density at radius 2 is 0.473 bits per heavy atom. The molecule has 0 saturated carbocycles. The quantitative estimate of drug-likeness (QED) is 0.165. The Balaban J connectivity index is 1.30. The second kappa shape index (κ2) is 16.2. The van der Waals surface area contributed by atoms with Gasteiger partial charge in [-0.1, -0.05) is 229 Å². The SMILES string of the molecule is Cc1cccc(C)c1-c1c2c(c(-c3c(C)cccc3C)c3ccccc13)-c1ccc3c4c(ccc-2c14)-c1c-3c(-c2cc(C(C)(C)C)cc(C(C)(C)C)c2)c2ccccc2c1-c1cc(C(C)(C)C)cc(C(C)(C)C)c1. The molecule has 0 radical (unpaired) electrons. The largest absolute Gasteiger partial charge is 0.0617 e. The van der Waals surface area contributed by atoms with Crippen LogP contribution in [0.3, 0.4) is 0 Å². The highest BCUT2D eigenvalue weighted by atomic mass is 14.4. The Hall–Kier alpha value is -7.02. The van der Waals surface area contributed by atoms with Crippen molar-refractivity contribution in [3.63, 3.8) is 0 Å². The predicted molar refractivity (Wildman–Crippen MR) is 323 cm³/mol. The van der Waals surface area contributed by atoms with E-state index >= 15 is 0 Å². The molecular formula is C74H72. The molecule has 10 aromatic rings. The van der Waals surface area contributed by atoms with Crippen LogP contribution in [0.1, 0.15) is 128 Å². The van der Waals surface area contributed by atoms with Gasteiger partial charge in [0.15, 0.2) is 0 Å². The van der Waals surface area contributed by atoms with Crippen LogP contribution in [0.25, 0.3) is 121 Å². The van der Waals surface area contributed by atoms with E-state index in [1.165, 1.54) is 166 Å². The maximum absolute atomic E-state index is 2.53. The molecule has 0 N–H and O–H groups in total. The molecule has 0 spiro atoms. The van der Waals surface area contributed by atoms with Crippen LogP contribution in [0.5, 0.6) is 0 Å².